The molecule has 0 fully saturated rings. The molecule has 2 N–H and O–H groups in total. The third-order valence-electron chi connectivity index (χ3n) is 3.17. The molecule has 0 unspecified atom stereocenters. The first-order valence-corrected chi connectivity index (χ1v) is 6.17. The minimum Gasteiger partial charge on any atom is -0.493 e. The monoisotopic (exact) mass is 258 g/mol. The molecule has 0 radical (unpaired) electrons. The van der Waals surface area contributed by atoms with Crippen molar-refractivity contribution < 1.29 is 9.53 Å². The van der Waals surface area contributed by atoms with Gasteiger partial charge in [0.1, 0.15) is 5.75 Å². The number of carbonyl (C=O) groups is 1. The fourth-order valence-corrected chi connectivity index (χ4v) is 2.16. The van der Waals surface area contributed by atoms with Gasteiger partial charge in [-0.3, -0.25) is 9.48 Å². The van der Waals surface area contributed by atoms with Crippen molar-refractivity contribution in [2.75, 3.05) is 6.61 Å². The van der Waals surface area contributed by atoms with Crippen molar-refractivity contribution in [3.63, 3.8) is 0 Å². The number of amides is 1. The largest absolute Gasteiger partial charge is 0.493 e. The Balaban J connectivity index is 1.67. The normalized spacial score (nSPS) is 13.1. The van der Waals surface area contributed by atoms with Gasteiger partial charge in [0.2, 0.25) is 0 Å². The molecule has 98 valence electrons. The molecule has 3 rings (SSSR count). The van der Waals surface area contributed by atoms with Gasteiger partial charge in [-0.05, 0) is 23.6 Å². The molecule has 0 spiro atoms. The zero-order valence-electron chi connectivity index (χ0n) is 10.4. The van der Waals surface area contributed by atoms with E-state index in [9.17, 15) is 4.79 Å². The Morgan fingerprint density at radius 2 is 2.37 bits per heavy atom. The maximum absolute atomic E-state index is 10.9. The van der Waals surface area contributed by atoms with Crippen molar-refractivity contribution in [3.05, 3.63) is 41.2 Å². The van der Waals surface area contributed by atoms with Crippen molar-refractivity contribution in [2.45, 2.75) is 19.4 Å². The van der Waals surface area contributed by atoms with Crippen LogP contribution in [0, 0.1) is 0 Å². The molecular weight excluding hydrogens is 244 g/mol. The lowest BCUT2D eigenvalue weighted by atomic mass is 10.1. The summed E-state index contributed by atoms with van der Waals surface area (Å²) in [5, 5.41) is 7.57. The molecule has 19 heavy (non-hydrogen) atoms. The Morgan fingerprint density at radius 1 is 1.47 bits per heavy atom. The molecule has 1 aliphatic rings. The van der Waals surface area contributed by atoms with E-state index in [0.717, 1.165) is 25.2 Å². The molecule has 1 aromatic heterocycles. The van der Waals surface area contributed by atoms with Gasteiger partial charge in [0.25, 0.3) is 5.91 Å². The summed E-state index contributed by atoms with van der Waals surface area (Å²) in [5.41, 5.74) is 7.80. The van der Waals surface area contributed by atoms with Crippen LogP contribution >= 0.6 is 0 Å². The van der Waals surface area contributed by atoms with Crippen LogP contribution < -0.4 is 10.5 Å². The highest BCUT2D eigenvalue weighted by molar-refractivity contribution is 5.90. The second kappa shape index (κ2) is 4.72. The average molecular weight is 258 g/mol. The van der Waals surface area contributed by atoms with Crippen molar-refractivity contribution in [1.29, 1.82) is 0 Å². The summed E-state index contributed by atoms with van der Waals surface area (Å²) in [6.07, 6.45) is 3.37. The number of ether oxygens (including phenoxy) is 1. The van der Waals surface area contributed by atoms with Crippen LogP contribution in [0.2, 0.25) is 0 Å². The van der Waals surface area contributed by atoms with Crippen LogP contribution in [0.1, 0.15) is 21.6 Å². The molecule has 0 aliphatic carbocycles. The smallest absolute Gasteiger partial charge is 0.270 e. The Kier molecular flexibility index (Phi) is 2.91. The van der Waals surface area contributed by atoms with E-state index in [1.54, 1.807) is 10.9 Å². The van der Waals surface area contributed by atoms with E-state index in [1.807, 2.05) is 6.07 Å². The number of fused-ring (bicyclic) bond motifs is 1. The summed E-state index contributed by atoms with van der Waals surface area (Å²) in [6, 6.07) is 6.22. The molecule has 2 heterocycles. The van der Waals surface area contributed by atoms with Crippen LogP contribution in [0.15, 0.2) is 24.4 Å². The summed E-state index contributed by atoms with van der Waals surface area (Å²) >= 11 is 0. The van der Waals surface area contributed by atoms with Gasteiger partial charge in [0.05, 0.1) is 12.8 Å². The van der Waals surface area contributed by atoms with Gasteiger partial charge < -0.3 is 10.5 Å². The second-order valence-corrected chi connectivity index (χ2v) is 4.52. The third-order valence-corrected chi connectivity index (χ3v) is 3.17. The number of hydrogen-bond acceptors (Lipinski definition) is 4. The highest BCUT2D eigenvalue weighted by atomic mass is 16.5. The number of hydrogen-bond donors (Lipinski definition) is 1. The molecular formula is C13H14N4O2. The van der Waals surface area contributed by atoms with Crippen LogP contribution in [0.5, 0.6) is 5.75 Å². The van der Waals surface area contributed by atoms with Crippen molar-refractivity contribution >= 4 is 5.91 Å². The van der Waals surface area contributed by atoms with Crippen LogP contribution in [0.25, 0.3) is 0 Å². The predicted molar refractivity (Wildman–Crippen MR) is 67.9 cm³/mol. The molecule has 0 atom stereocenters. The molecule has 0 bridgehead atoms. The maximum atomic E-state index is 10.9. The minimum atomic E-state index is -0.555. The molecule has 0 saturated carbocycles. The van der Waals surface area contributed by atoms with Gasteiger partial charge in [-0.25, -0.2) is 0 Å². The standard InChI is InChI=1S/C13H14N4O2/c14-13(18)11-8-17(16-15-11)5-3-9-1-2-12-10(7-9)4-6-19-12/h1-2,7-8H,3-6H2,(H2,14,18). The summed E-state index contributed by atoms with van der Waals surface area (Å²) < 4.78 is 7.10. The van der Waals surface area contributed by atoms with E-state index in [-0.39, 0.29) is 5.69 Å². The summed E-state index contributed by atoms with van der Waals surface area (Å²) in [7, 11) is 0. The molecule has 1 aliphatic heterocycles. The number of benzene rings is 1. The Labute approximate surface area is 110 Å². The molecule has 6 heteroatoms. The van der Waals surface area contributed by atoms with Gasteiger partial charge in [-0.1, -0.05) is 17.3 Å². The van der Waals surface area contributed by atoms with Crippen LogP contribution in [-0.2, 0) is 19.4 Å². The van der Waals surface area contributed by atoms with Crippen molar-refractivity contribution in [3.8, 4) is 5.75 Å². The maximum Gasteiger partial charge on any atom is 0.270 e. The van der Waals surface area contributed by atoms with E-state index >= 15 is 0 Å². The molecule has 0 saturated heterocycles. The third kappa shape index (κ3) is 2.42. The number of nitrogens with two attached hydrogens (primary N) is 1. The Bertz CT molecular complexity index is 621. The molecule has 2 aromatic rings. The molecule has 6 nitrogen and oxygen atoms in total. The van der Waals surface area contributed by atoms with E-state index in [2.05, 4.69) is 22.4 Å². The van der Waals surface area contributed by atoms with Gasteiger partial charge in [0, 0.05) is 13.0 Å². The number of primary amides is 1. The number of aromatic nitrogens is 3. The number of rotatable bonds is 4. The van der Waals surface area contributed by atoms with Gasteiger partial charge in [-0.15, -0.1) is 5.10 Å². The highest BCUT2D eigenvalue weighted by Gasteiger charge is 2.12. The lowest BCUT2D eigenvalue weighted by molar-refractivity contribution is 0.0995. The zero-order chi connectivity index (χ0) is 13.2. The summed E-state index contributed by atoms with van der Waals surface area (Å²) in [6.45, 7) is 1.43. The van der Waals surface area contributed by atoms with E-state index in [0.29, 0.717) is 6.54 Å². The van der Waals surface area contributed by atoms with Gasteiger partial charge >= 0.3 is 0 Å². The average Bonchev–Trinajstić information content (AvgIpc) is 3.04. The lowest BCUT2D eigenvalue weighted by Gasteiger charge is -2.04. The topological polar surface area (TPSA) is 83.0 Å². The molecule has 1 amide bonds. The molecule has 1 aromatic carbocycles. The first-order chi connectivity index (χ1) is 9.22. The number of nitrogens with zero attached hydrogens (tertiary/aromatic N) is 3. The van der Waals surface area contributed by atoms with Crippen molar-refractivity contribution in [2.24, 2.45) is 5.73 Å². The second-order valence-electron chi connectivity index (χ2n) is 4.52. The lowest BCUT2D eigenvalue weighted by Crippen LogP contribution is -2.11. The fourth-order valence-electron chi connectivity index (χ4n) is 2.16. The quantitative estimate of drug-likeness (QED) is 0.868. The fraction of sp³-hybridized carbons (Fsp3) is 0.308. The Morgan fingerprint density at radius 3 is 3.16 bits per heavy atom. The highest BCUT2D eigenvalue weighted by Crippen LogP contribution is 2.26. The number of aryl methyl sites for hydroxylation is 2. The number of carbonyl (C=O) groups excluding carboxylic acids is 1. The summed E-state index contributed by atoms with van der Waals surface area (Å²) in [5.74, 6) is 0.432. The Hall–Kier alpha value is -2.37. The van der Waals surface area contributed by atoms with E-state index in [4.69, 9.17) is 10.5 Å². The summed E-state index contributed by atoms with van der Waals surface area (Å²) in [4.78, 5) is 10.9. The first kappa shape index (κ1) is 11.7. The van der Waals surface area contributed by atoms with E-state index in [1.165, 1.54) is 11.1 Å². The van der Waals surface area contributed by atoms with Crippen LogP contribution in [0.3, 0.4) is 0 Å². The van der Waals surface area contributed by atoms with E-state index < -0.39 is 5.91 Å². The minimum absolute atomic E-state index is 0.197. The first-order valence-electron chi connectivity index (χ1n) is 6.17. The van der Waals surface area contributed by atoms with Gasteiger partial charge in [-0.2, -0.15) is 0 Å². The van der Waals surface area contributed by atoms with Crippen molar-refractivity contribution in [1.82, 2.24) is 15.0 Å². The van der Waals surface area contributed by atoms with Crippen LogP contribution in [0.4, 0.5) is 0 Å². The van der Waals surface area contributed by atoms with Crippen LogP contribution in [-0.4, -0.2) is 27.5 Å². The van der Waals surface area contributed by atoms with Gasteiger partial charge in [0.15, 0.2) is 5.69 Å². The SMILES string of the molecule is NC(=O)c1cn(CCc2ccc3c(c2)CCO3)nn1. The zero-order valence-corrected chi connectivity index (χ0v) is 10.4. The predicted octanol–water partition coefficient (Wildman–Crippen LogP) is 0.555.